The first-order valence-corrected chi connectivity index (χ1v) is 14.2. The second-order valence-corrected chi connectivity index (χ2v) is 15.0. The molecule has 0 amide bonds. The molecule has 6 nitrogen and oxygen atoms in total. The summed E-state index contributed by atoms with van der Waals surface area (Å²) in [5, 5.41) is 11.1. The average Bonchev–Trinajstić information content (AvgIpc) is 2.66. The van der Waals surface area contributed by atoms with E-state index in [4.69, 9.17) is 13.9 Å². The van der Waals surface area contributed by atoms with Crippen molar-refractivity contribution in [1.29, 1.82) is 0 Å². The fraction of sp³-hybridized carbons (Fsp3) is 0.760. The quantitative estimate of drug-likeness (QED) is 0.216. The monoisotopic (exact) mass is 468 g/mol. The van der Waals surface area contributed by atoms with E-state index in [-0.39, 0.29) is 47.4 Å². The number of rotatable bonds is 10. The van der Waals surface area contributed by atoms with E-state index in [9.17, 15) is 14.7 Å². The van der Waals surface area contributed by atoms with Crippen LogP contribution < -0.4 is 0 Å². The van der Waals surface area contributed by atoms with E-state index < -0.39 is 14.4 Å². The van der Waals surface area contributed by atoms with Gasteiger partial charge < -0.3 is 19.0 Å². The molecule has 0 saturated heterocycles. The van der Waals surface area contributed by atoms with Gasteiger partial charge in [0.25, 0.3) is 0 Å². The van der Waals surface area contributed by atoms with Crippen molar-refractivity contribution in [3.8, 4) is 11.8 Å². The fourth-order valence-corrected chi connectivity index (χ4v) is 4.76. The summed E-state index contributed by atoms with van der Waals surface area (Å²) >= 11 is 0. The highest BCUT2D eigenvalue weighted by Crippen LogP contribution is 2.40. The summed E-state index contributed by atoms with van der Waals surface area (Å²) in [5.74, 6) is 4.60. The molecule has 0 unspecified atom stereocenters. The zero-order valence-corrected chi connectivity index (χ0v) is 22.9. The van der Waals surface area contributed by atoms with Crippen molar-refractivity contribution in [2.75, 3.05) is 13.7 Å². The molecule has 0 saturated carbocycles. The number of ether oxygens (including phenoxy) is 2. The number of carbonyl (C=O) groups excluding carboxylic acids is 2. The molecule has 7 heteroatoms. The van der Waals surface area contributed by atoms with E-state index >= 15 is 0 Å². The van der Waals surface area contributed by atoms with Crippen LogP contribution in [0.15, 0.2) is 11.6 Å². The molecule has 32 heavy (non-hydrogen) atoms. The van der Waals surface area contributed by atoms with Crippen LogP contribution in [0.5, 0.6) is 0 Å². The van der Waals surface area contributed by atoms with Crippen LogP contribution >= 0.6 is 0 Å². The first-order valence-electron chi connectivity index (χ1n) is 11.3. The molecule has 0 fully saturated rings. The largest absolute Gasteiger partial charge is 0.466 e. The van der Waals surface area contributed by atoms with Gasteiger partial charge in [-0.05, 0) is 44.3 Å². The van der Waals surface area contributed by atoms with Crippen LogP contribution in [-0.2, 0) is 23.5 Å². The van der Waals surface area contributed by atoms with Crippen LogP contribution in [0.2, 0.25) is 18.1 Å². The van der Waals surface area contributed by atoms with Gasteiger partial charge in [0.05, 0.1) is 19.3 Å². The van der Waals surface area contributed by atoms with Crippen LogP contribution in [0.1, 0.15) is 61.8 Å². The topological polar surface area (TPSA) is 82.1 Å². The zero-order valence-electron chi connectivity index (χ0n) is 21.9. The van der Waals surface area contributed by atoms with Crippen molar-refractivity contribution in [3.05, 3.63) is 11.6 Å². The summed E-state index contributed by atoms with van der Waals surface area (Å²) in [6, 6.07) is 0. The van der Waals surface area contributed by atoms with Crippen LogP contribution in [0.25, 0.3) is 0 Å². The molecule has 0 aromatic carbocycles. The Morgan fingerprint density at radius 1 is 1.12 bits per heavy atom. The summed E-state index contributed by atoms with van der Waals surface area (Å²) in [5.41, 5.74) is 0.907. The van der Waals surface area contributed by atoms with Crippen molar-refractivity contribution in [2.45, 2.75) is 92.2 Å². The molecular formula is C25H44O6Si. The average molecular weight is 469 g/mol. The molecule has 0 bridgehead atoms. The van der Waals surface area contributed by atoms with Gasteiger partial charge in [0.15, 0.2) is 14.9 Å². The standard InChI is InChI=1S/C25H44O6Si/c1-17(16-22(27)29-9)15-19(3)24(31-32(10,11)25(6,7)8)20(4)23(28)18(2)13-12-14-30-21(5)26/h16,18-20,23-24,28H,14-15H2,1-11H3/t18-,19+,20-,23-,24-/m1/s1. The number of carbonyl (C=O) groups is 2. The Morgan fingerprint density at radius 3 is 2.16 bits per heavy atom. The molecule has 0 radical (unpaired) electrons. The van der Waals surface area contributed by atoms with Crippen LogP contribution in [0.3, 0.4) is 0 Å². The van der Waals surface area contributed by atoms with Gasteiger partial charge in [-0.2, -0.15) is 0 Å². The van der Waals surface area contributed by atoms with Crippen molar-refractivity contribution in [3.63, 3.8) is 0 Å². The third kappa shape index (κ3) is 10.3. The molecule has 0 spiro atoms. The highest BCUT2D eigenvalue weighted by atomic mass is 28.4. The lowest BCUT2D eigenvalue weighted by Crippen LogP contribution is -2.49. The lowest BCUT2D eigenvalue weighted by molar-refractivity contribution is -0.139. The molecule has 0 aliphatic heterocycles. The maximum Gasteiger partial charge on any atom is 0.330 e. The van der Waals surface area contributed by atoms with Crippen molar-refractivity contribution < 1.29 is 28.6 Å². The highest BCUT2D eigenvalue weighted by molar-refractivity contribution is 6.74. The number of esters is 2. The molecule has 5 atom stereocenters. The fourth-order valence-electron chi connectivity index (χ4n) is 3.28. The normalized spacial score (nSPS) is 17.3. The number of aliphatic hydroxyl groups excluding tert-OH is 1. The summed E-state index contributed by atoms with van der Waals surface area (Å²) in [6.07, 6.45) is 1.22. The van der Waals surface area contributed by atoms with Gasteiger partial charge in [-0.3, -0.25) is 4.79 Å². The Hall–Kier alpha value is -1.62. The van der Waals surface area contributed by atoms with Gasteiger partial charge in [0.1, 0.15) is 0 Å². The first-order chi connectivity index (χ1) is 14.5. The van der Waals surface area contributed by atoms with Gasteiger partial charge in [0.2, 0.25) is 0 Å². The van der Waals surface area contributed by atoms with E-state index in [1.165, 1.54) is 20.1 Å². The van der Waals surface area contributed by atoms with Crippen LogP contribution in [-0.4, -0.2) is 51.3 Å². The van der Waals surface area contributed by atoms with Crippen molar-refractivity contribution in [1.82, 2.24) is 0 Å². The summed E-state index contributed by atoms with van der Waals surface area (Å²) < 4.78 is 16.4. The number of methoxy groups -OCH3 is 1. The Morgan fingerprint density at radius 2 is 1.69 bits per heavy atom. The first kappa shape index (κ1) is 30.4. The molecule has 0 aliphatic rings. The number of hydrogen-bond acceptors (Lipinski definition) is 6. The van der Waals surface area contributed by atoms with E-state index in [0.29, 0.717) is 6.42 Å². The lowest BCUT2D eigenvalue weighted by Gasteiger charge is -2.44. The summed E-state index contributed by atoms with van der Waals surface area (Å²) in [6.45, 7) is 20.2. The Labute approximate surface area is 196 Å². The third-order valence-electron chi connectivity index (χ3n) is 6.25. The maximum absolute atomic E-state index is 11.6. The molecule has 0 aliphatic carbocycles. The van der Waals surface area contributed by atoms with E-state index in [1.54, 1.807) is 0 Å². The third-order valence-corrected chi connectivity index (χ3v) is 10.7. The highest BCUT2D eigenvalue weighted by Gasteiger charge is 2.43. The number of allylic oxidation sites excluding steroid dienone is 1. The van der Waals surface area contributed by atoms with E-state index in [1.807, 2.05) is 20.8 Å². The number of aliphatic hydroxyl groups is 1. The van der Waals surface area contributed by atoms with Crippen molar-refractivity contribution >= 4 is 20.3 Å². The smallest absolute Gasteiger partial charge is 0.330 e. The number of hydrogen-bond donors (Lipinski definition) is 1. The van der Waals surface area contributed by atoms with Crippen LogP contribution in [0.4, 0.5) is 0 Å². The van der Waals surface area contributed by atoms with Gasteiger partial charge in [0, 0.05) is 24.8 Å². The molecular weight excluding hydrogens is 424 g/mol. The van der Waals surface area contributed by atoms with Crippen molar-refractivity contribution in [2.24, 2.45) is 17.8 Å². The minimum absolute atomic E-state index is 0.0125. The van der Waals surface area contributed by atoms with Gasteiger partial charge in [-0.1, -0.05) is 52.0 Å². The molecule has 184 valence electrons. The molecule has 0 heterocycles. The summed E-state index contributed by atoms with van der Waals surface area (Å²) in [4.78, 5) is 22.5. The minimum Gasteiger partial charge on any atom is -0.466 e. The molecule has 0 aromatic rings. The minimum atomic E-state index is -2.12. The predicted molar refractivity (Wildman–Crippen MR) is 130 cm³/mol. The molecule has 0 rings (SSSR count). The lowest BCUT2D eigenvalue weighted by atomic mass is 9.82. The van der Waals surface area contributed by atoms with E-state index in [0.717, 1.165) is 5.57 Å². The second kappa shape index (κ2) is 13.2. The van der Waals surface area contributed by atoms with Crippen LogP contribution in [0, 0.1) is 29.6 Å². The Balaban J connectivity index is 5.72. The summed E-state index contributed by atoms with van der Waals surface area (Å²) in [7, 11) is -0.761. The van der Waals surface area contributed by atoms with Gasteiger partial charge >= 0.3 is 11.9 Å². The van der Waals surface area contributed by atoms with Gasteiger partial charge in [-0.25, -0.2) is 4.79 Å². The Bertz CT molecular complexity index is 710. The molecule has 0 aromatic heterocycles. The zero-order chi connectivity index (χ0) is 25.3. The second-order valence-electron chi connectivity index (χ2n) is 10.3. The molecule has 1 N–H and O–H groups in total. The predicted octanol–water partition coefficient (Wildman–Crippen LogP) is 4.72. The maximum atomic E-state index is 11.6. The van der Waals surface area contributed by atoms with E-state index in [2.05, 4.69) is 52.6 Å². The van der Waals surface area contributed by atoms with Gasteiger partial charge in [-0.15, -0.1) is 0 Å². The SMILES string of the molecule is COC(=O)C=C(C)C[C@H](C)[C@@H](O[Si](C)(C)C(C)(C)C)[C@H](C)[C@H](O)[C@H](C)C#CCOC(C)=O. The Kier molecular flexibility index (Phi) is 12.5.